The van der Waals surface area contributed by atoms with Gasteiger partial charge in [0.1, 0.15) is 5.60 Å². The molecule has 2 heteroatoms. The number of carbonyl (C=O) groups excluding carboxylic acids is 1. The van der Waals surface area contributed by atoms with Crippen molar-refractivity contribution in [2.75, 3.05) is 0 Å². The van der Waals surface area contributed by atoms with Crippen LogP contribution in [0.1, 0.15) is 164 Å². The van der Waals surface area contributed by atoms with Crippen LogP contribution in [0.3, 0.4) is 0 Å². The second-order valence-electron chi connectivity index (χ2n) is 10.6. The van der Waals surface area contributed by atoms with Crippen LogP contribution in [0.2, 0.25) is 0 Å². The van der Waals surface area contributed by atoms with Crippen molar-refractivity contribution in [3.63, 3.8) is 0 Å². The van der Waals surface area contributed by atoms with Crippen LogP contribution < -0.4 is 0 Å². The van der Waals surface area contributed by atoms with Gasteiger partial charge in [-0.25, -0.2) is 4.79 Å². The molecule has 0 spiro atoms. The van der Waals surface area contributed by atoms with E-state index in [9.17, 15) is 4.79 Å². The zero-order chi connectivity index (χ0) is 25.2. The van der Waals surface area contributed by atoms with Crippen LogP contribution in [0.4, 0.5) is 0 Å². The van der Waals surface area contributed by atoms with E-state index in [1.54, 1.807) is 0 Å². The minimum Gasteiger partial charge on any atom is -0.455 e. The smallest absolute Gasteiger partial charge is 0.330 e. The van der Waals surface area contributed by atoms with Gasteiger partial charge in [-0.15, -0.1) is 0 Å². The lowest BCUT2D eigenvalue weighted by atomic mass is 9.46. The summed E-state index contributed by atoms with van der Waals surface area (Å²) < 4.78 is 6.70. The Hall–Kier alpha value is -0.790. The van der Waals surface area contributed by atoms with E-state index in [0.29, 0.717) is 0 Å². The van der Waals surface area contributed by atoms with E-state index in [1.807, 2.05) is 0 Å². The van der Waals surface area contributed by atoms with E-state index in [-0.39, 0.29) is 16.8 Å². The Morgan fingerprint density at radius 3 is 1.48 bits per heavy atom. The van der Waals surface area contributed by atoms with Crippen LogP contribution in [0.25, 0.3) is 0 Å². The molecule has 196 valence electrons. The van der Waals surface area contributed by atoms with E-state index in [1.165, 1.54) is 76.7 Å². The van der Waals surface area contributed by atoms with Crippen LogP contribution in [0.15, 0.2) is 12.7 Å². The lowest BCUT2D eigenvalue weighted by molar-refractivity contribution is -0.213. The first-order chi connectivity index (χ1) is 15.9. The van der Waals surface area contributed by atoms with Gasteiger partial charge in [-0.3, -0.25) is 0 Å². The Balaban J connectivity index is 7.30. The van der Waals surface area contributed by atoms with E-state index >= 15 is 0 Å². The third kappa shape index (κ3) is 8.43. The van der Waals surface area contributed by atoms with Crippen LogP contribution >= 0.6 is 0 Å². The molecule has 0 aromatic carbocycles. The summed E-state index contributed by atoms with van der Waals surface area (Å²) in [6, 6.07) is 0. The summed E-state index contributed by atoms with van der Waals surface area (Å²) >= 11 is 0. The van der Waals surface area contributed by atoms with E-state index < -0.39 is 5.60 Å². The molecular weight excluding hydrogens is 404 g/mol. The molecule has 0 aliphatic rings. The first kappa shape index (κ1) is 32.2. The molecule has 0 fully saturated rings. The van der Waals surface area contributed by atoms with Crippen molar-refractivity contribution >= 4 is 5.97 Å². The first-order valence-corrected chi connectivity index (χ1v) is 14.7. The molecule has 0 aromatic rings. The molecule has 0 radical (unpaired) electrons. The highest BCUT2D eigenvalue weighted by Gasteiger charge is 2.61. The predicted molar refractivity (Wildman–Crippen MR) is 147 cm³/mol. The minimum absolute atomic E-state index is 0.0228. The average Bonchev–Trinajstić information content (AvgIpc) is 2.82. The second kappa shape index (κ2) is 17.6. The van der Waals surface area contributed by atoms with Crippen molar-refractivity contribution in [3.8, 4) is 0 Å². The molecular formula is C31H60O2. The molecule has 0 amide bonds. The normalized spacial score (nSPS) is 15.6. The SMILES string of the molecule is C=CC(=O)OC(CCC)(CCCC)C(CCC)(CCCC)C(CCC)(CCCC)CCCC. The summed E-state index contributed by atoms with van der Waals surface area (Å²) in [5.74, 6) is -0.215. The van der Waals surface area contributed by atoms with Crippen molar-refractivity contribution in [2.45, 2.75) is 170 Å². The fourth-order valence-electron chi connectivity index (χ4n) is 7.00. The summed E-state index contributed by atoms with van der Waals surface area (Å²) in [4.78, 5) is 13.0. The summed E-state index contributed by atoms with van der Waals surface area (Å²) in [5, 5.41) is 0. The molecule has 0 N–H and O–H groups in total. The molecule has 0 heterocycles. The largest absolute Gasteiger partial charge is 0.455 e. The molecule has 0 saturated carbocycles. The maximum Gasteiger partial charge on any atom is 0.330 e. The van der Waals surface area contributed by atoms with Crippen molar-refractivity contribution in [1.29, 1.82) is 0 Å². The number of ether oxygens (including phenoxy) is 1. The van der Waals surface area contributed by atoms with E-state index in [4.69, 9.17) is 4.74 Å². The Morgan fingerprint density at radius 2 is 1.06 bits per heavy atom. The van der Waals surface area contributed by atoms with E-state index in [2.05, 4.69) is 55.0 Å². The van der Waals surface area contributed by atoms with Crippen molar-refractivity contribution in [1.82, 2.24) is 0 Å². The molecule has 2 unspecified atom stereocenters. The topological polar surface area (TPSA) is 26.3 Å². The van der Waals surface area contributed by atoms with Gasteiger partial charge in [0.15, 0.2) is 0 Å². The Morgan fingerprint density at radius 1 is 0.606 bits per heavy atom. The van der Waals surface area contributed by atoms with Gasteiger partial charge in [0.25, 0.3) is 0 Å². The van der Waals surface area contributed by atoms with Crippen LogP contribution in [0.5, 0.6) is 0 Å². The third-order valence-electron chi connectivity index (χ3n) is 8.32. The highest BCUT2D eigenvalue weighted by atomic mass is 16.6. The van der Waals surface area contributed by atoms with Crippen LogP contribution in [0, 0.1) is 10.8 Å². The number of carbonyl (C=O) groups is 1. The van der Waals surface area contributed by atoms with Gasteiger partial charge in [-0.1, -0.05) is 119 Å². The van der Waals surface area contributed by atoms with Crippen molar-refractivity contribution in [3.05, 3.63) is 12.7 Å². The van der Waals surface area contributed by atoms with Gasteiger partial charge in [-0.05, 0) is 56.8 Å². The Bertz CT molecular complexity index is 503. The lowest BCUT2D eigenvalue weighted by Crippen LogP contribution is -2.60. The second-order valence-corrected chi connectivity index (χ2v) is 10.6. The van der Waals surface area contributed by atoms with Gasteiger partial charge >= 0.3 is 5.97 Å². The highest BCUT2D eigenvalue weighted by molar-refractivity contribution is 5.81. The van der Waals surface area contributed by atoms with Gasteiger partial charge in [0, 0.05) is 11.5 Å². The molecule has 0 aliphatic carbocycles. The Kier molecular flexibility index (Phi) is 17.2. The monoisotopic (exact) mass is 464 g/mol. The molecule has 0 saturated heterocycles. The Labute approximate surface area is 208 Å². The lowest BCUT2D eigenvalue weighted by Gasteiger charge is -2.61. The number of hydrogen-bond donors (Lipinski definition) is 0. The summed E-state index contributed by atoms with van der Waals surface area (Å²) in [7, 11) is 0. The van der Waals surface area contributed by atoms with E-state index in [0.717, 1.165) is 44.9 Å². The van der Waals surface area contributed by atoms with Crippen molar-refractivity contribution < 1.29 is 9.53 Å². The average molecular weight is 465 g/mol. The summed E-state index contributed by atoms with van der Waals surface area (Å²) in [6.07, 6.45) is 22.6. The number of unbranched alkanes of at least 4 members (excludes halogenated alkanes) is 4. The molecule has 2 nitrogen and oxygen atoms in total. The standard InChI is InChI=1S/C31H60O2/c1-9-17-24-29(21-13-5,25-18-10-2)30(22-14-6,26-19-11-3)31(23-15-7,27-20-12-4)33-28(32)16-8/h16H,8-15,17-27H2,1-7H3. The summed E-state index contributed by atoms with van der Waals surface area (Å²) in [5.41, 5.74) is -0.150. The minimum atomic E-state index is -0.398. The maximum absolute atomic E-state index is 13.0. The molecule has 2 atom stereocenters. The zero-order valence-electron chi connectivity index (χ0n) is 23.8. The molecule has 33 heavy (non-hydrogen) atoms. The number of hydrogen-bond acceptors (Lipinski definition) is 2. The summed E-state index contributed by atoms with van der Waals surface area (Å²) in [6.45, 7) is 20.0. The van der Waals surface area contributed by atoms with Gasteiger partial charge < -0.3 is 4.74 Å². The molecule has 0 aromatic heterocycles. The van der Waals surface area contributed by atoms with Crippen LogP contribution in [-0.2, 0) is 9.53 Å². The zero-order valence-corrected chi connectivity index (χ0v) is 23.8. The maximum atomic E-state index is 13.0. The van der Waals surface area contributed by atoms with Gasteiger partial charge in [0.2, 0.25) is 0 Å². The third-order valence-corrected chi connectivity index (χ3v) is 8.32. The van der Waals surface area contributed by atoms with Gasteiger partial charge in [0.05, 0.1) is 0 Å². The highest BCUT2D eigenvalue weighted by Crippen LogP contribution is 2.64. The molecule has 0 rings (SSSR count). The number of rotatable bonds is 22. The van der Waals surface area contributed by atoms with Crippen LogP contribution in [-0.4, -0.2) is 11.6 Å². The molecule has 0 bridgehead atoms. The first-order valence-electron chi connectivity index (χ1n) is 14.7. The fourth-order valence-corrected chi connectivity index (χ4v) is 7.00. The molecule has 0 aliphatic heterocycles. The van der Waals surface area contributed by atoms with Gasteiger partial charge in [-0.2, -0.15) is 0 Å². The van der Waals surface area contributed by atoms with Crippen molar-refractivity contribution in [2.24, 2.45) is 10.8 Å². The predicted octanol–water partition coefficient (Wildman–Crippen LogP) is 10.6. The quantitative estimate of drug-likeness (QED) is 0.118. The number of esters is 1. The fraction of sp³-hybridized carbons (Fsp3) is 0.903.